The van der Waals surface area contributed by atoms with E-state index in [-0.39, 0.29) is 11.4 Å². The lowest BCUT2D eigenvalue weighted by Gasteiger charge is -2.13. The number of non-ortho nitro benzene ring substituents is 1. The predicted molar refractivity (Wildman–Crippen MR) is 58.2 cm³/mol. The molecule has 6 nitrogen and oxygen atoms in total. The number of methoxy groups -OCH3 is 1. The quantitative estimate of drug-likeness (QED) is 0.493. The molecular weight excluding hydrogens is 231 g/mol. The molecule has 0 fully saturated rings. The second-order valence-corrected chi connectivity index (χ2v) is 3.31. The largest absolute Gasteiger partial charge is 0.467 e. The van der Waals surface area contributed by atoms with Crippen LogP contribution in [0.1, 0.15) is 6.92 Å². The van der Waals surface area contributed by atoms with Gasteiger partial charge in [0.05, 0.1) is 17.7 Å². The van der Waals surface area contributed by atoms with E-state index < -0.39 is 22.8 Å². The highest BCUT2D eigenvalue weighted by Gasteiger charge is 2.17. The van der Waals surface area contributed by atoms with Gasteiger partial charge in [-0.1, -0.05) is 0 Å². The van der Waals surface area contributed by atoms with Crippen LogP contribution in [0.2, 0.25) is 0 Å². The number of halogens is 1. The maximum atomic E-state index is 13.3. The Bertz CT molecular complexity index is 450. The van der Waals surface area contributed by atoms with E-state index >= 15 is 0 Å². The lowest BCUT2D eigenvalue weighted by atomic mass is 10.2. The van der Waals surface area contributed by atoms with Crippen molar-refractivity contribution in [3.05, 3.63) is 34.1 Å². The summed E-state index contributed by atoms with van der Waals surface area (Å²) in [5, 5.41) is 13.0. The van der Waals surface area contributed by atoms with Crippen molar-refractivity contribution < 1.29 is 18.8 Å². The molecule has 0 heterocycles. The highest BCUT2D eigenvalue weighted by Crippen LogP contribution is 2.21. The summed E-state index contributed by atoms with van der Waals surface area (Å²) in [5.74, 6) is -1.26. The Labute approximate surface area is 96.5 Å². The Morgan fingerprint density at radius 1 is 1.59 bits per heavy atom. The Hall–Kier alpha value is -2.18. The molecule has 0 amide bonds. The molecule has 1 N–H and O–H groups in total. The van der Waals surface area contributed by atoms with E-state index in [2.05, 4.69) is 10.1 Å². The van der Waals surface area contributed by atoms with Crippen molar-refractivity contribution in [3.63, 3.8) is 0 Å². The highest BCUT2D eigenvalue weighted by molar-refractivity contribution is 5.78. The Morgan fingerprint density at radius 2 is 2.24 bits per heavy atom. The molecule has 0 aromatic heterocycles. The lowest BCUT2D eigenvalue weighted by Crippen LogP contribution is -2.27. The van der Waals surface area contributed by atoms with Gasteiger partial charge >= 0.3 is 5.97 Å². The first-order valence-electron chi connectivity index (χ1n) is 4.74. The van der Waals surface area contributed by atoms with E-state index in [1.54, 1.807) is 0 Å². The van der Waals surface area contributed by atoms with Gasteiger partial charge < -0.3 is 10.1 Å². The van der Waals surface area contributed by atoms with Crippen molar-refractivity contribution in [3.8, 4) is 0 Å². The maximum Gasteiger partial charge on any atom is 0.327 e. The maximum absolute atomic E-state index is 13.3. The number of nitrogens with zero attached hydrogens (tertiary/aromatic N) is 1. The van der Waals surface area contributed by atoms with E-state index in [9.17, 15) is 19.3 Å². The van der Waals surface area contributed by atoms with Gasteiger partial charge in [-0.2, -0.15) is 0 Å². The molecule has 0 aliphatic carbocycles. The van der Waals surface area contributed by atoms with Crippen LogP contribution in [0.25, 0.3) is 0 Å². The fourth-order valence-corrected chi connectivity index (χ4v) is 1.21. The van der Waals surface area contributed by atoms with Crippen molar-refractivity contribution in [1.29, 1.82) is 0 Å². The fourth-order valence-electron chi connectivity index (χ4n) is 1.21. The second-order valence-electron chi connectivity index (χ2n) is 3.31. The molecule has 0 bridgehead atoms. The zero-order chi connectivity index (χ0) is 13.0. The second kappa shape index (κ2) is 5.24. The third kappa shape index (κ3) is 3.13. The summed E-state index contributed by atoms with van der Waals surface area (Å²) in [7, 11) is 1.20. The first-order valence-corrected chi connectivity index (χ1v) is 4.74. The van der Waals surface area contributed by atoms with Crippen molar-refractivity contribution in [2.24, 2.45) is 0 Å². The van der Waals surface area contributed by atoms with Gasteiger partial charge in [-0.25, -0.2) is 9.18 Å². The normalized spacial score (nSPS) is 11.7. The number of hydrogen-bond acceptors (Lipinski definition) is 5. The van der Waals surface area contributed by atoms with E-state index in [4.69, 9.17) is 0 Å². The molecule has 1 rings (SSSR count). The molecule has 0 saturated carbocycles. The van der Waals surface area contributed by atoms with Gasteiger partial charge in [-0.15, -0.1) is 0 Å². The summed E-state index contributed by atoms with van der Waals surface area (Å²) in [6.45, 7) is 1.46. The third-order valence-corrected chi connectivity index (χ3v) is 2.09. The first-order chi connectivity index (χ1) is 7.95. The predicted octanol–water partition coefficient (Wildman–Crippen LogP) is 1.71. The van der Waals surface area contributed by atoms with Crippen molar-refractivity contribution in [2.45, 2.75) is 13.0 Å². The standard InChI is InChI=1S/C10H11FN2O4/c1-6(10(14)17-2)12-9-5-7(13(15)16)3-4-8(9)11/h3-6,12H,1-2H3. The minimum Gasteiger partial charge on any atom is -0.467 e. The number of nitrogens with one attached hydrogen (secondary N) is 1. The summed E-state index contributed by atoms with van der Waals surface area (Å²) < 4.78 is 17.8. The molecule has 7 heteroatoms. The summed E-state index contributed by atoms with van der Waals surface area (Å²) in [6, 6.07) is 2.24. The van der Waals surface area contributed by atoms with Crippen LogP contribution in [0.5, 0.6) is 0 Å². The zero-order valence-electron chi connectivity index (χ0n) is 9.27. The zero-order valence-corrected chi connectivity index (χ0v) is 9.27. The summed E-state index contributed by atoms with van der Waals surface area (Å²) in [5.41, 5.74) is -0.372. The number of nitro benzene ring substituents is 1. The van der Waals surface area contributed by atoms with E-state index in [1.807, 2.05) is 0 Å². The van der Waals surface area contributed by atoms with Crippen LogP contribution in [0.3, 0.4) is 0 Å². The van der Waals surface area contributed by atoms with Gasteiger partial charge in [0.1, 0.15) is 11.9 Å². The number of hydrogen-bond donors (Lipinski definition) is 1. The van der Waals surface area contributed by atoms with Crippen molar-refractivity contribution >= 4 is 17.3 Å². The molecular formula is C10H11FN2O4. The van der Waals surface area contributed by atoms with Gasteiger partial charge in [0.2, 0.25) is 0 Å². The number of ether oxygens (including phenoxy) is 1. The number of benzene rings is 1. The monoisotopic (exact) mass is 242 g/mol. The lowest BCUT2D eigenvalue weighted by molar-refractivity contribution is -0.384. The SMILES string of the molecule is COC(=O)C(C)Nc1cc([N+](=O)[O-])ccc1F. The molecule has 92 valence electrons. The van der Waals surface area contributed by atoms with E-state index in [0.29, 0.717) is 0 Å². The number of carbonyl (C=O) groups is 1. The molecule has 0 aliphatic rings. The molecule has 1 atom stereocenters. The molecule has 0 aliphatic heterocycles. The summed E-state index contributed by atoms with van der Waals surface area (Å²) in [4.78, 5) is 21.0. The van der Waals surface area contributed by atoms with Gasteiger partial charge in [-0.05, 0) is 13.0 Å². The number of rotatable bonds is 4. The van der Waals surface area contributed by atoms with Crippen LogP contribution >= 0.6 is 0 Å². The Balaban J connectivity index is 2.93. The van der Waals surface area contributed by atoms with Crippen LogP contribution in [0.15, 0.2) is 18.2 Å². The van der Waals surface area contributed by atoms with Gasteiger partial charge in [0.25, 0.3) is 5.69 Å². The molecule has 1 aromatic rings. The minimum absolute atomic E-state index is 0.114. The summed E-state index contributed by atoms with van der Waals surface area (Å²) in [6.07, 6.45) is 0. The van der Waals surface area contributed by atoms with Gasteiger partial charge in [-0.3, -0.25) is 10.1 Å². The highest BCUT2D eigenvalue weighted by atomic mass is 19.1. The molecule has 0 saturated heterocycles. The average Bonchev–Trinajstić information content (AvgIpc) is 2.30. The Kier molecular flexibility index (Phi) is 3.97. The minimum atomic E-state index is -0.795. The average molecular weight is 242 g/mol. The summed E-state index contributed by atoms with van der Waals surface area (Å²) >= 11 is 0. The molecule has 0 spiro atoms. The van der Waals surface area contributed by atoms with Gasteiger partial charge in [0, 0.05) is 12.1 Å². The number of carbonyl (C=O) groups excluding carboxylic acids is 1. The number of nitro groups is 1. The molecule has 0 radical (unpaired) electrons. The smallest absolute Gasteiger partial charge is 0.327 e. The van der Waals surface area contributed by atoms with Crippen molar-refractivity contribution in [1.82, 2.24) is 0 Å². The van der Waals surface area contributed by atoms with Crippen molar-refractivity contribution in [2.75, 3.05) is 12.4 Å². The molecule has 1 unspecified atom stereocenters. The van der Waals surface area contributed by atoms with Crippen LogP contribution < -0.4 is 5.32 Å². The fraction of sp³-hybridized carbons (Fsp3) is 0.300. The first kappa shape index (κ1) is 12.9. The Morgan fingerprint density at radius 3 is 2.76 bits per heavy atom. The number of anilines is 1. The van der Waals surface area contributed by atoms with Crippen LogP contribution in [-0.4, -0.2) is 24.0 Å². The van der Waals surface area contributed by atoms with Crippen LogP contribution in [0.4, 0.5) is 15.8 Å². The van der Waals surface area contributed by atoms with Gasteiger partial charge in [0.15, 0.2) is 0 Å². The van der Waals surface area contributed by atoms with E-state index in [1.165, 1.54) is 14.0 Å². The topological polar surface area (TPSA) is 81.5 Å². The van der Waals surface area contributed by atoms with Crippen LogP contribution in [0, 0.1) is 15.9 Å². The van der Waals surface area contributed by atoms with E-state index in [0.717, 1.165) is 18.2 Å². The molecule has 1 aromatic carbocycles. The van der Waals surface area contributed by atoms with Crippen LogP contribution in [-0.2, 0) is 9.53 Å². The number of esters is 1. The third-order valence-electron chi connectivity index (χ3n) is 2.09. The molecule has 17 heavy (non-hydrogen) atoms.